The van der Waals surface area contributed by atoms with E-state index in [4.69, 9.17) is 0 Å². The first-order chi connectivity index (χ1) is 7.36. The summed E-state index contributed by atoms with van der Waals surface area (Å²) < 4.78 is 0. The van der Waals surface area contributed by atoms with E-state index in [1.165, 1.54) is 11.1 Å². The van der Waals surface area contributed by atoms with Gasteiger partial charge in [-0.05, 0) is 29.7 Å². The number of benzene rings is 2. The summed E-state index contributed by atoms with van der Waals surface area (Å²) in [7, 11) is 0. The highest BCUT2D eigenvalue weighted by Gasteiger charge is 1.94. The zero-order chi connectivity index (χ0) is 10.5. The van der Waals surface area contributed by atoms with Gasteiger partial charge in [-0.15, -0.1) is 0 Å². The minimum absolute atomic E-state index is 1.12. The first-order valence-corrected chi connectivity index (χ1v) is 5.07. The lowest BCUT2D eigenvalue weighted by molar-refractivity contribution is 1.50. The lowest BCUT2D eigenvalue weighted by Gasteiger charge is -2.00. The summed E-state index contributed by atoms with van der Waals surface area (Å²) in [5, 5.41) is 0. The van der Waals surface area contributed by atoms with Gasteiger partial charge in [0, 0.05) is 0 Å². The normalized spacial score (nSPS) is 11.4. The van der Waals surface area contributed by atoms with Crippen LogP contribution in [0.2, 0.25) is 0 Å². The van der Waals surface area contributed by atoms with E-state index < -0.39 is 0 Å². The van der Waals surface area contributed by atoms with E-state index in [0.717, 1.165) is 5.56 Å². The average molecular weight is 193 g/mol. The van der Waals surface area contributed by atoms with Crippen molar-refractivity contribution in [2.24, 2.45) is 0 Å². The Hall–Kier alpha value is -1.82. The van der Waals surface area contributed by atoms with Gasteiger partial charge in [0.1, 0.15) is 0 Å². The maximum atomic E-state index is 3.37. The predicted molar refractivity (Wildman–Crippen MR) is 64.3 cm³/mol. The van der Waals surface area contributed by atoms with Gasteiger partial charge in [-0.1, -0.05) is 60.7 Å². The van der Waals surface area contributed by atoms with Crippen LogP contribution in [0.4, 0.5) is 0 Å². The van der Waals surface area contributed by atoms with Crippen LogP contribution in [0.25, 0.3) is 5.57 Å². The largest absolute Gasteiger partial charge is 0.0622 e. The Kier molecular flexibility index (Phi) is 2.99. The number of hydrogen-bond donors (Lipinski definition) is 0. The van der Waals surface area contributed by atoms with Gasteiger partial charge in [0.2, 0.25) is 0 Å². The number of rotatable bonds is 2. The summed E-state index contributed by atoms with van der Waals surface area (Å²) in [4.78, 5) is 0. The lowest BCUT2D eigenvalue weighted by Crippen LogP contribution is -1.80. The second-order valence-corrected chi connectivity index (χ2v) is 3.48. The second-order valence-electron chi connectivity index (χ2n) is 3.48. The highest BCUT2D eigenvalue weighted by molar-refractivity contribution is 5.63. The van der Waals surface area contributed by atoms with E-state index in [-0.39, 0.29) is 0 Å². The zero-order valence-electron chi connectivity index (χ0n) is 8.77. The molecule has 0 spiro atoms. The Balaban J connectivity index is 2.29. The highest BCUT2D eigenvalue weighted by atomic mass is 14.0. The molecule has 0 aromatic heterocycles. The lowest BCUT2D eigenvalue weighted by atomic mass is 10.0. The van der Waals surface area contributed by atoms with E-state index in [0.29, 0.717) is 0 Å². The van der Waals surface area contributed by atoms with Crippen LogP contribution in [0, 0.1) is 6.08 Å². The van der Waals surface area contributed by atoms with Gasteiger partial charge in [-0.25, -0.2) is 0 Å². The quantitative estimate of drug-likeness (QED) is 0.634. The SMILES string of the molecule is CC(=[C]c1ccccc1)c1ccccc1. The summed E-state index contributed by atoms with van der Waals surface area (Å²) in [5.41, 5.74) is 3.52. The van der Waals surface area contributed by atoms with Crippen LogP contribution < -0.4 is 0 Å². The molecule has 0 aliphatic heterocycles. The minimum atomic E-state index is 1.12. The van der Waals surface area contributed by atoms with Crippen molar-refractivity contribution < 1.29 is 0 Å². The third-order valence-corrected chi connectivity index (χ3v) is 2.31. The fraction of sp³-hybridized carbons (Fsp3) is 0.0667. The first kappa shape index (κ1) is 9.72. The van der Waals surface area contributed by atoms with Crippen LogP contribution in [-0.4, -0.2) is 0 Å². The Morgan fingerprint density at radius 3 is 1.93 bits per heavy atom. The van der Waals surface area contributed by atoms with E-state index in [9.17, 15) is 0 Å². The third-order valence-electron chi connectivity index (χ3n) is 2.31. The van der Waals surface area contributed by atoms with Crippen LogP contribution in [-0.2, 0) is 0 Å². The average Bonchev–Trinajstić information content (AvgIpc) is 2.31. The molecule has 1 radical (unpaired) electrons. The van der Waals surface area contributed by atoms with E-state index in [1.54, 1.807) is 0 Å². The molecule has 0 fully saturated rings. The first-order valence-electron chi connectivity index (χ1n) is 5.07. The summed E-state index contributed by atoms with van der Waals surface area (Å²) in [6.07, 6.45) is 3.37. The van der Waals surface area contributed by atoms with E-state index in [1.807, 2.05) is 36.4 Å². The van der Waals surface area contributed by atoms with Crippen LogP contribution in [0.5, 0.6) is 0 Å². The molecule has 15 heavy (non-hydrogen) atoms. The van der Waals surface area contributed by atoms with E-state index in [2.05, 4.69) is 37.3 Å². The Bertz CT molecular complexity index is 438. The molecule has 0 bridgehead atoms. The molecule has 0 aliphatic rings. The Morgan fingerprint density at radius 1 is 0.800 bits per heavy atom. The van der Waals surface area contributed by atoms with Crippen molar-refractivity contribution in [2.75, 3.05) is 0 Å². The summed E-state index contributed by atoms with van der Waals surface area (Å²) in [5.74, 6) is 0. The molecule has 0 heterocycles. The monoisotopic (exact) mass is 193 g/mol. The minimum Gasteiger partial charge on any atom is -0.0622 e. The van der Waals surface area contributed by atoms with Gasteiger partial charge >= 0.3 is 0 Å². The third kappa shape index (κ3) is 2.57. The van der Waals surface area contributed by atoms with Gasteiger partial charge in [0.05, 0.1) is 0 Å². The Labute approximate surface area is 90.9 Å². The maximum Gasteiger partial charge on any atom is -0.00673 e. The fourth-order valence-electron chi connectivity index (χ4n) is 1.50. The highest BCUT2D eigenvalue weighted by Crippen LogP contribution is 2.14. The van der Waals surface area contributed by atoms with Crippen molar-refractivity contribution in [1.29, 1.82) is 0 Å². The van der Waals surface area contributed by atoms with Gasteiger partial charge in [0.25, 0.3) is 0 Å². The van der Waals surface area contributed by atoms with Crippen molar-refractivity contribution in [2.45, 2.75) is 6.92 Å². The summed E-state index contributed by atoms with van der Waals surface area (Å²) >= 11 is 0. The summed E-state index contributed by atoms with van der Waals surface area (Å²) in [6.45, 7) is 2.09. The zero-order valence-corrected chi connectivity index (χ0v) is 8.77. The Morgan fingerprint density at radius 2 is 1.33 bits per heavy atom. The van der Waals surface area contributed by atoms with Crippen LogP contribution in [0.15, 0.2) is 60.7 Å². The molecule has 0 atom stereocenters. The van der Waals surface area contributed by atoms with Gasteiger partial charge in [-0.2, -0.15) is 0 Å². The van der Waals surface area contributed by atoms with Crippen molar-refractivity contribution >= 4 is 5.57 Å². The van der Waals surface area contributed by atoms with Crippen molar-refractivity contribution in [3.8, 4) is 0 Å². The smallest absolute Gasteiger partial charge is 0.00673 e. The predicted octanol–water partition coefficient (Wildman–Crippen LogP) is 3.94. The van der Waals surface area contributed by atoms with Gasteiger partial charge in [0.15, 0.2) is 0 Å². The molecule has 0 N–H and O–H groups in total. The van der Waals surface area contributed by atoms with Crippen molar-refractivity contribution in [3.05, 3.63) is 77.9 Å². The van der Waals surface area contributed by atoms with Crippen molar-refractivity contribution in [3.63, 3.8) is 0 Å². The molecule has 2 aromatic carbocycles. The van der Waals surface area contributed by atoms with Crippen LogP contribution in [0.3, 0.4) is 0 Å². The molecular weight excluding hydrogens is 180 g/mol. The van der Waals surface area contributed by atoms with E-state index >= 15 is 0 Å². The molecule has 2 rings (SSSR count). The fourth-order valence-corrected chi connectivity index (χ4v) is 1.50. The molecule has 0 saturated heterocycles. The standard InChI is InChI=1S/C15H13/c1-13(15-10-6-3-7-11-15)12-14-8-4-2-5-9-14/h2-11H,1H3. The second kappa shape index (κ2) is 4.61. The molecular formula is C15H13. The molecule has 0 nitrogen and oxygen atoms in total. The molecule has 0 unspecified atom stereocenters. The topological polar surface area (TPSA) is 0 Å². The van der Waals surface area contributed by atoms with Crippen LogP contribution >= 0.6 is 0 Å². The summed E-state index contributed by atoms with van der Waals surface area (Å²) in [6, 6.07) is 20.5. The molecule has 2 aromatic rings. The van der Waals surface area contributed by atoms with Gasteiger partial charge in [-0.3, -0.25) is 0 Å². The molecule has 0 saturated carbocycles. The van der Waals surface area contributed by atoms with Crippen LogP contribution in [0.1, 0.15) is 18.1 Å². The molecule has 0 heteroatoms. The number of hydrogen-bond acceptors (Lipinski definition) is 0. The molecule has 0 aliphatic carbocycles. The molecule has 73 valence electrons. The maximum absolute atomic E-state index is 3.37. The molecule has 0 amide bonds. The van der Waals surface area contributed by atoms with Gasteiger partial charge < -0.3 is 0 Å². The van der Waals surface area contributed by atoms with Crippen molar-refractivity contribution in [1.82, 2.24) is 0 Å². The number of allylic oxidation sites excluding steroid dienone is 1.